The van der Waals surface area contributed by atoms with E-state index < -0.39 is 54.5 Å². The third kappa shape index (κ3) is 6.94. The van der Waals surface area contributed by atoms with Gasteiger partial charge in [0.1, 0.15) is 24.2 Å². The largest absolute Gasteiger partial charge is 0.480 e. The Morgan fingerprint density at radius 1 is 1.13 bits per heavy atom. The Hall–Kier alpha value is -2.20. The number of likely N-dealkylation sites (tertiary alicyclic amines) is 1. The van der Waals surface area contributed by atoms with Crippen molar-refractivity contribution >= 4 is 23.7 Å². The number of nitrogens with two attached hydrogens (primary N) is 1. The molecule has 0 aliphatic carbocycles. The second-order valence-electron chi connectivity index (χ2n) is 8.38. The molecule has 1 saturated heterocycles. The lowest BCUT2D eigenvalue weighted by Gasteiger charge is -2.31. The van der Waals surface area contributed by atoms with Gasteiger partial charge in [0, 0.05) is 6.54 Å². The van der Waals surface area contributed by atoms with Crippen LogP contribution in [0.25, 0.3) is 0 Å². The van der Waals surface area contributed by atoms with Gasteiger partial charge in [0.2, 0.25) is 17.7 Å². The van der Waals surface area contributed by atoms with Crippen molar-refractivity contribution in [3.8, 4) is 0 Å². The van der Waals surface area contributed by atoms with Crippen molar-refractivity contribution in [3.63, 3.8) is 0 Å². The number of hydrogen-bond donors (Lipinski definition) is 5. The molecular weight excluding hydrogens is 392 g/mol. The molecule has 1 fully saturated rings. The predicted molar refractivity (Wildman–Crippen MR) is 110 cm³/mol. The van der Waals surface area contributed by atoms with Gasteiger partial charge in [-0.3, -0.25) is 14.4 Å². The quantitative estimate of drug-likeness (QED) is 0.295. The number of nitrogens with one attached hydrogen (secondary N) is 2. The fourth-order valence-corrected chi connectivity index (χ4v) is 3.49. The minimum atomic E-state index is -1.15. The number of hydrogen-bond acceptors (Lipinski definition) is 6. The summed E-state index contributed by atoms with van der Waals surface area (Å²) >= 11 is 0. The van der Waals surface area contributed by atoms with Gasteiger partial charge in [-0.25, -0.2) is 4.79 Å². The third-order valence-electron chi connectivity index (χ3n) is 5.47. The maximum absolute atomic E-state index is 13.1. The topological polar surface area (TPSA) is 162 Å². The molecule has 172 valence electrons. The summed E-state index contributed by atoms with van der Waals surface area (Å²) in [7, 11) is 0. The van der Waals surface area contributed by atoms with Crippen LogP contribution in [0.3, 0.4) is 0 Å². The lowest BCUT2D eigenvalue weighted by Crippen LogP contribution is -2.59. The maximum atomic E-state index is 13.1. The Morgan fingerprint density at radius 2 is 1.77 bits per heavy atom. The lowest BCUT2D eigenvalue weighted by molar-refractivity contribution is -0.149. The third-order valence-corrected chi connectivity index (χ3v) is 5.47. The normalized spacial score (nSPS) is 20.4. The number of carbonyl (C=O) groups excluding carboxylic acids is 3. The first kappa shape index (κ1) is 25.8. The number of amides is 3. The van der Waals surface area contributed by atoms with Crippen LogP contribution in [0.2, 0.25) is 0 Å². The Labute approximate surface area is 177 Å². The minimum absolute atomic E-state index is 0.0737. The van der Waals surface area contributed by atoms with E-state index in [0.717, 1.165) is 0 Å². The van der Waals surface area contributed by atoms with Crippen molar-refractivity contribution in [2.75, 3.05) is 13.2 Å². The van der Waals surface area contributed by atoms with Gasteiger partial charge in [-0.05, 0) is 31.1 Å². The molecule has 0 aromatic rings. The van der Waals surface area contributed by atoms with E-state index in [9.17, 15) is 24.3 Å². The molecule has 0 radical (unpaired) electrons. The van der Waals surface area contributed by atoms with Gasteiger partial charge in [-0.15, -0.1) is 0 Å². The van der Waals surface area contributed by atoms with Gasteiger partial charge < -0.3 is 31.5 Å². The summed E-state index contributed by atoms with van der Waals surface area (Å²) in [6.07, 6.45) is 1.90. The fraction of sp³-hybridized carbons (Fsp3) is 0.800. The number of carboxylic acid groups (broad SMARTS) is 1. The van der Waals surface area contributed by atoms with E-state index in [2.05, 4.69) is 10.6 Å². The fourth-order valence-electron chi connectivity index (χ4n) is 3.49. The van der Waals surface area contributed by atoms with E-state index in [4.69, 9.17) is 10.8 Å². The Bertz CT molecular complexity index is 626. The van der Waals surface area contributed by atoms with Gasteiger partial charge in [-0.1, -0.05) is 34.1 Å². The number of aliphatic carboxylic acids is 1. The van der Waals surface area contributed by atoms with Gasteiger partial charge in [0.15, 0.2) is 0 Å². The van der Waals surface area contributed by atoms with Crippen molar-refractivity contribution in [1.82, 2.24) is 15.5 Å². The summed E-state index contributed by atoms with van der Waals surface area (Å²) in [6, 6.07) is -3.88. The molecule has 0 bridgehead atoms. The lowest BCUT2D eigenvalue weighted by atomic mass is 9.96. The second-order valence-corrected chi connectivity index (χ2v) is 8.38. The van der Waals surface area contributed by atoms with E-state index >= 15 is 0 Å². The Morgan fingerprint density at radius 3 is 2.27 bits per heavy atom. The number of carbonyl (C=O) groups is 4. The minimum Gasteiger partial charge on any atom is -0.480 e. The standard InChI is InChI=1S/C20H36N4O6/c1-5-12(4)16(23-17(26)13(21)10-25)18(27)22-14(9-11(2)3)19(28)24-8-6-7-15(24)20(29)30/h11-16,25H,5-10,21H2,1-4H3,(H,22,27)(H,23,26)(H,29,30). The Kier molecular flexibility index (Phi) is 10.2. The zero-order valence-corrected chi connectivity index (χ0v) is 18.3. The molecule has 30 heavy (non-hydrogen) atoms. The number of nitrogens with zero attached hydrogens (tertiary/aromatic N) is 1. The summed E-state index contributed by atoms with van der Waals surface area (Å²) < 4.78 is 0. The molecule has 0 spiro atoms. The highest BCUT2D eigenvalue weighted by Gasteiger charge is 2.39. The van der Waals surface area contributed by atoms with Crippen molar-refractivity contribution in [2.24, 2.45) is 17.6 Å². The van der Waals surface area contributed by atoms with E-state index in [0.29, 0.717) is 32.2 Å². The average Bonchev–Trinajstić information content (AvgIpc) is 3.19. The molecule has 10 nitrogen and oxygen atoms in total. The molecule has 5 atom stereocenters. The summed E-state index contributed by atoms with van der Waals surface area (Å²) in [5.41, 5.74) is 5.54. The molecule has 10 heteroatoms. The maximum Gasteiger partial charge on any atom is 0.326 e. The monoisotopic (exact) mass is 428 g/mol. The SMILES string of the molecule is CCC(C)C(NC(=O)C(N)CO)C(=O)NC(CC(C)C)C(=O)N1CCCC1C(=O)O. The first-order chi connectivity index (χ1) is 14.0. The number of carboxylic acids is 1. The molecule has 0 aromatic carbocycles. The molecule has 1 aliphatic heterocycles. The van der Waals surface area contributed by atoms with Crippen LogP contribution in [-0.4, -0.2) is 76.1 Å². The molecule has 1 heterocycles. The highest BCUT2D eigenvalue weighted by atomic mass is 16.4. The zero-order chi connectivity index (χ0) is 23.0. The van der Waals surface area contributed by atoms with Crippen LogP contribution < -0.4 is 16.4 Å². The first-order valence-corrected chi connectivity index (χ1v) is 10.5. The second kappa shape index (κ2) is 11.8. The first-order valence-electron chi connectivity index (χ1n) is 10.5. The van der Waals surface area contributed by atoms with Crippen LogP contribution in [0.4, 0.5) is 0 Å². The number of aliphatic hydroxyl groups excluding tert-OH is 1. The summed E-state index contributed by atoms with van der Waals surface area (Å²) in [4.78, 5) is 51.0. The van der Waals surface area contributed by atoms with Crippen molar-refractivity contribution in [1.29, 1.82) is 0 Å². The van der Waals surface area contributed by atoms with Crippen LogP contribution in [0.15, 0.2) is 0 Å². The van der Waals surface area contributed by atoms with Crippen LogP contribution >= 0.6 is 0 Å². The molecule has 6 N–H and O–H groups in total. The van der Waals surface area contributed by atoms with Gasteiger partial charge >= 0.3 is 5.97 Å². The van der Waals surface area contributed by atoms with Crippen molar-refractivity contribution in [3.05, 3.63) is 0 Å². The van der Waals surface area contributed by atoms with Crippen LogP contribution in [0, 0.1) is 11.8 Å². The molecule has 0 saturated carbocycles. The summed E-state index contributed by atoms with van der Waals surface area (Å²) in [5.74, 6) is -2.85. The number of aliphatic hydroxyl groups is 1. The van der Waals surface area contributed by atoms with Crippen molar-refractivity contribution in [2.45, 2.75) is 77.5 Å². The van der Waals surface area contributed by atoms with Crippen molar-refractivity contribution < 1.29 is 29.4 Å². The smallest absolute Gasteiger partial charge is 0.326 e. The van der Waals surface area contributed by atoms with Gasteiger partial charge in [0.25, 0.3) is 0 Å². The molecular formula is C20H36N4O6. The van der Waals surface area contributed by atoms with E-state index in [1.807, 2.05) is 20.8 Å². The van der Waals surface area contributed by atoms with Crippen LogP contribution in [0.1, 0.15) is 53.4 Å². The van der Waals surface area contributed by atoms with Gasteiger partial charge in [0.05, 0.1) is 6.61 Å². The van der Waals surface area contributed by atoms with E-state index in [1.165, 1.54) is 4.90 Å². The molecule has 0 aromatic heterocycles. The van der Waals surface area contributed by atoms with Crippen LogP contribution in [0.5, 0.6) is 0 Å². The molecule has 1 aliphatic rings. The van der Waals surface area contributed by atoms with Crippen LogP contribution in [-0.2, 0) is 19.2 Å². The summed E-state index contributed by atoms with van der Waals surface area (Å²) in [5, 5.41) is 23.7. The molecule has 1 rings (SSSR count). The van der Waals surface area contributed by atoms with E-state index in [-0.39, 0.29) is 11.8 Å². The zero-order valence-electron chi connectivity index (χ0n) is 18.3. The average molecular weight is 429 g/mol. The number of rotatable bonds is 11. The van der Waals surface area contributed by atoms with Gasteiger partial charge in [-0.2, -0.15) is 0 Å². The molecule has 3 amide bonds. The highest BCUT2D eigenvalue weighted by molar-refractivity contribution is 5.94. The predicted octanol–water partition coefficient (Wildman–Crippen LogP) is -0.557. The highest BCUT2D eigenvalue weighted by Crippen LogP contribution is 2.20. The van der Waals surface area contributed by atoms with E-state index in [1.54, 1.807) is 6.92 Å². The summed E-state index contributed by atoms with van der Waals surface area (Å²) in [6.45, 7) is 7.23. The molecule has 5 unspecified atom stereocenters. The Balaban J connectivity index is 3.02.